The zero-order valence-corrected chi connectivity index (χ0v) is 12.8. The molecule has 1 atom stereocenters. The lowest BCUT2D eigenvalue weighted by molar-refractivity contribution is 0.316. The van der Waals surface area contributed by atoms with E-state index in [-0.39, 0.29) is 6.04 Å². The molecule has 1 aliphatic rings. The summed E-state index contributed by atoms with van der Waals surface area (Å²) < 4.78 is 0. The average Bonchev–Trinajstić information content (AvgIpc) is 2.42. The van der Waals surface area contributed by atoms with Gasteiger partial charge in [0.15, 0.2) is 5.11 Å². The summed E-state index contributed by atoms with van der Waals surface area (Å²) >= 11 is 11.1. The summed E-state index contributed by atoms with van der Waals surface area (Å²) in [6, 6.07) is 3.98. The van der Waals surface area contributed by atoms with Crippen LogP contribution in [0.25, 0.3) is 0 Å². The first-order chi connectivity index (χ1) is 9.09. The highest BCUT2D eigenvalue weighted by Crippen LogP contribution is 2.30. The van der Waals surface area contributed by atoms with Crippen molar-refractivity contribution in [2.24, 2.45) is 11.7 Å². The van der Waals surface area contributed by atoms with Crippen LogP contribution < -0.4 is 10.6 Å². The second-order valence-corrected chi connectivity index (χ2v) is 6.04. The molecule has 0 aromatic carbocycles. The monoisotopic (exact) mass is 297 g/mol. The molecule has 1 aromatic heterocycles. The minimum atomic E-state index is 0.284. The predicted octanol–water partition coefficient (Wildman–Crippen LogP) is 3.75. The molecular formula is C14H20ClN3S. The summed E-state index contributed by atoms with van der Waals surface area (Å²) in [5, 5.41) is 1.00. The molecule has 0 unspecified atom stereocenters. The van der Waals surface area contributed by atoms with Crippen LogP contribution in [0.1, 0.15) is 39.0 Å². The Morgan fingerprint density at radius 3 is 2.63 bits per heavy atom. The predicted molar refractivity (Wildman–Crippen MR) is 84.5 cm³/mol. The van der Waals surface area contributed by atoms with Crippen LogP contribution in [0.5, 0.6) is 0 Å². The van der Waals surface area contributed by atoms with Gasteiger partial charge in [-0.25, -0.2) is 4.98 Å². The second-order valence-electron chi connectivity index (χ2n) is 5.18. The zero-order valence-electron chi connectivity index (χ0n) is 11.2. The Morgan fingerprint density at radius 1 is 1.42 bits per heavy atom. The van der Waals surface area contributed by atoms with Crippen LogP contribution in [0.3, 0.4) is 0 Å². The molecule has 2 N–H and O–H groups in total. The highest BCUT2D eigenvalue weighted by atomic mass is 35.5. The van der Waals surface area contributed by atoms with E-state index in [0.29, 0.717) is 16.1 Å². The summed E-state index contributed by atoms with van der Waals surface area (Å²) in [6.45, 7) is 2.19. The van der Waals surface area contributed by atoms with Gasteiger partial charge in [0.1, 0.15) is 5.82 Å². The number of rotatable bonds is 3. The van der Waals surface area contributed by atoms with E-state index in [9.17, 15) is 0 Å². The lowest BCUT2D eigenvalue weighted by atomic mass is 9.84. The normalized spacial score (nSPS) is 18.0. The van der Waals surface area contributed by atoms with E-state index < -0.39 is 0 Å². The van der Waals surface area contributed by atoms with Gasteiger partial charge in [-0.2, -0.15) is 0 Å². The lowest BCUT2D eigenvalue weighted by Crippen LogP contribution is -2.46. The SMILES string of the molecule is C[C@@H](C1CCCCC1)N(C(N)=S)c1ccc(Cl)cn1. The van der Waals surface area contributed by atoms with Crippen molar-refractivity contribution in [1.82, 2.24) is 4.98 Å². The first-order valence-electron chi connectivity index (χ1n) is 6.80. The maximum absolute atomic E-state index is 5.90. The van der Waals surface area contributed by atoms with E-state index >= 15 is 0 Å². The summed E-state index contributed by atoms with van der Waals surface area (Å²) in [4.78, 5) is 6.30. The number of pyridine rings is 1. The molecule has 0 saturated heterocycles. The number of hydrogen-bond donors (Lipinski definition) is 1. The summed E-state index contributed by atoms with van der Waals surface area (Å²) in [5.74, 6) is 1.42. The fourth-order valence-electron chi connectivity index (χ4n) is 2.86. The minimum Gasteiger partial charge on any atom is -0.376 e. The molecule has 0 radical (unpaired) electrons. The van der Waals surface area contributed by atoms with Crippen LogP contribution in [0.15, 0.2) is 18.3 Å². The van der Waals surface area contributed by atoms with Gasteiger partial charge < -0.3 is 10.6 Å². The fourth-order valence-corrected chi connectivity index (χ4v) is 3.23. The van der Waals surface area contributed by atoms with Crippen LogP contribution in [-0.4, -0.2) is 16.1 Å². The molecule has 3 nitrogen and oxygen atoms in total. The van der Waals surface area contributed by atoms with Crippen molar-refractivity contribution in [3.05, 3.63) is 23.4 Å². The average molecular weight is 298 g/mol. The van der Waals surface area contributed by atoms with Crippen molar-refractivity contribution in [3.63, 3.8) is 0 Å². The molecule has 0 aliphatic heterocycles. The molecule has 5 heteroatoms. The molecule has 2 rings (SSSR count). The van der Waals surface area contributed by atoms with E-state index in [1.165, 1.54) is 32.1 Å². The Kier molecular flexibility index (Phi) is 4.99. The van der Waals surface area contributed by atoms with Crippen LogP contribution in [0.4, 0.5) is 5.82 Å². The van der Waals surface area contributed by atoms with E-state index in [1.807, 2.05) is 17.0 Å². The quantitative estimate of drug-likeness (QED) is 0.863. The van der Waals surface area contributed by atoms with E-state index in [1.54, 1.807) is 6.20 Å². The topological polar surface area (TPSA) is 42.1 Å². The highest BCUT2D eigenvalue weighted by Gasteiger charge is 2.27. The van der Waals surface area contributed by atoms with Gasteiger partial charge in [0.05, 0.1) is 5.02 Å². The van der Waals surface area contributed by atoms with Crippen LogP contribution in [0, 0.1) is 5.92 Å². The van der Waals surface area contributed by atoms with Crippen LogP contribution in [0.2, 0.25) is 5.02 Å². The van der Waals surface area contributed by atoms with Crippen molar-refractivity contribution in [1.29, 1.82) is 0 Å². The van der Waals surface area contributed by atoms with Gasteiger partial charge in [-0.15, -0.1) is 0 Å². The third kappa shape index (κ3) is 3.57. The van der Waals surface area contributed by atoms with Crippen molar-refractivity contribution in [3.8, 4) is 0 Å². The second kappa shape index (κ2) is 6.53. The summed E-state index contributed by atoms with van der Waals surface area (Å²) in [5.41, 5.74) is 5.90. The minimum absolute atomic E-state index is 0.284. The maximum Gasteiger partial charge on any atom is 0.172 e. The molecule has 104 valence electrons. The molecule has 0 amide bonds. The first-order valence-corrected chi connectivity index (χ1v) is 7.58. The Morgan fingerprint density at radius 2 is 2.11 bits per heavy atom. The van der Waals surface area contributed by atoms with E-state index in [0.717, 1.165) is 5.82 Å². The molecule has 1 aromatic rings. The number of aromatic nitrogens is 1. The number of anilines is 1. The Balaban J connectivity index is 2.19. The number of halogens is 1. The maximum atomic E-state index is 5.90. The molecule has 1 aliphatic carbocycles. The molecule has 0 bridgehead atoms. The smallest absolute Gasteiger partial charge is 0.172 e. The summed E-state index contributed by atoms with van der Waals surface area (Å²) in [6.07, 6.45) is 8.06. The fraction of sp³-hybridized carbons (Fsp3) is 0.571. The third-order valence-electron chi connectivity index (χ3n) is 3.94. The Labute approximate surface area is 125 Å². The zero-order chi connectivity index (χ0) is 13.8. The van der Waals surface area contributed by atoms with Crippen LogP contribution >= 0.6 is 23.8 Å². The van der Waals surface area contributed by atoms with Crippen molar-refractivity contribution in [2.75, 3.05) is 4.90 Å². The molecular weight excluding hydrogens is 278 g/mol. The van der Waals surface area contributed by atoms with Gasteiger partial charge in [0, 0.05) is 12.2 Å². The van der Waals surface area contributed by atoms with E-state index in [2.05, 4.69) is 11.9 Å². The van der Waals surface area contributed by atoms with Gasteiger partial charge in [0.25, 0.3) is 0 Å². The van der Waals surface area contributed by atoms with Gasteiger partial charge in [-0.3, -0.25) is 0 Å². The van der Waals surface area contributed by atoms with Gasteiger partial charge >= 0.3 is 0 Å². The van der Waals surface area contributed by atoms with Crippen LogP contribution in [-0.2, 0) is 0 Å². The molecule has 1 saturated carbocycles. The van der Waals surface area contributed by atoms with Gasteiger partial charge in [-0.05, 0) is 50.0 Å². The van der Waals surface area contributed by atoms with Gasteiger partial charge in [0.2, 0.25) is 0 Å². The largest absolute Gasteiger partial charge is 0.376 e. The van der Waals surface area contributed by atoms with Gasteiger partial charge in [-0.1, -0.05) is 30.9 Å². The number of hydrogen-bond acceptors (Lipinski definition) is 2. The van der Waals surface area contributed by atoms with Crippen molar-refractivity contribution < 1.29 is 0 Å². The Bertz CT molecular complexity index is 429. The molecule has 1 fully saturated rings. The first kappa shape index (κ1) is 14.5. The van der Waals surface area contributed by atoms with E-state index in [4.69, 9.17) is 29.6 Å². The number of nitrogens with zero attached hydrogens (tertiary/aromatic N) is 2. The molecule has 1 heterocycles. The lowest BCUT2D eigenvalue weighted by Gasteiger charge is -2.36. The third-order valence-corrected chi connectivity index (χ3v) is 4.36. The molecule has 0 spiro atoms. The van der Waals surface area contributed by atoms with Crippen molar-refractivity contribution >= 4 is 34.7 Å². The highest BCUT2D eigenvalue weighted by molar-refractivity contribution is 7.80. The standard InChI is InChI=1S/C14H20ClN3S/c1-10(11-5-3-2-4-6-11)18(14(16)19)13-8-7-12(15)9-17-13/h7-11H,2-6H2,1H3,(H2,16,19)/t10-/m0/s1. The number of nitrogens with two attached hydrogens (primary N) is 1. The van der Waals surface area contributed by atoms with Crippen molar-refractivity contribution in [2.45, 2.75) is 45.1 Å². The Hall–Kier alpha value is -0.870. The number of thiocarbonyl (C=S) groups is 1. The summed E-state index contributed by atoms with van der Waals surface area (Å²) in [7, 11) is 0. The molecule has 19 heavy (non-hydrogen) atoms.